The number of carbonyl (C=O) groups excluding carboxylic acids is 1. The number of hydrogen-bond acceptors (Lipinski definition) is 4. The smallest absolute Gasteiger partial charge is 0.319 e. The summed E-state index contributed by atoms with van der Waals surface area (Å²) in [5.41, 5.74) is 3.20. The molecule has 0 spiro atoms. The van der Waals surface area contributed by atoms with Crippen LogP contribution in [-0.2, 0) is 22.9 Å². The highest BCUT2D eigenvalue weighted by atomic mass is 32.2. The van der Waals surface area contributed by atoms with Gasteiger partial charge in [0.1, 0.15) is 5.75 Å². The molecule has 1 heterocycles. The molecule has 2 amide bonds. The van der Waals surface area contributed by atoms with Crippen LogP contribution in [0.15, 0.2) is 77.7 Å². The van der Waals surface area contributed by atoms with Gasteiger partial charge in [-0.25, -0.2) is 13.2 Å². The molecular weight excluding hydrogens is 438 g/mol. The number of methoxy groups -OCH3 is 1. The van der Waals surface area contributed by atoms with Gasteiger partial charge >= 0.3 is 6.03 Å². The van der Waals surface area contributed by atoms with Gasteiger partial charge in [-0.05, 0) is 66.8 Å². The summed E-state index contributed by atoms with van der Waals surface area (Å²) < 4.78 is 33.0. The summed E-state index contributed by atoms with van der Waals surface area (Å²) in [6.45, 7) is 0.874. The molecule has 8 heteroatoms. The van der Waals surface area contributed by atoms with Gasteiger partial charge < -0.3 is 15.4 Å². The molecule has 0 fully saturated rings. The zero-order valence-electron chi connectivity index (χ0n) is 18.5. The Hall–Kier alpha value is -3.52. The maximum absolute atomic E-state index is 13.2. The van der Waals surface area contributed by atoms with Gasteiger partial charge in [-0.15, -0.1) is 0 Å². The lowest BCUT2D eigenvalue weighted by molar-refractivity contribution is 0.252. The molecule has 3 aromatic rings. The van der Waals surface area contributed by atoms with Crippen molar-refractivity contribution < 1.29 is 17.9 Å². The van der Waals surface area contributed by atoms with Crippen molar-refractivity contribution in [2.24, 2.45) is 0 Å². The van der Waals surface area contributed by atoms with Crippen LogP contribution in [0.5, 0.6) is 5.75 Å². The van der Waals surface area contributed by atoms with Gasteiger partial charge in [0, 0.05) is 18.8 Å². The second-order valence-electron chi connectivity index (χ2n) is 7.82. The number of urea groups is 1. The Kier molecular flexibility index (Phi) is 6.84. The molecule has 1 aliphatic rings. The van der Waals surface area contributed by atoms with E-state index in [9.17, 15) is 13.2 Å². The fourth-order valence-corrected chi connectivity index (χ4v) is 5.43. The molecule has 0 unspecified atom stereocenters. The second kappa shape index (κ2) is 9.95. The van der Waals surface area contributed by atoms with Crippen molar-refractivity contribution >= 4 is 27.4 Å². The third-order valence-corrected chi connectivity index (χ3v) is 7.44. The average Bonchev–Trinajstić information content (AvgIpc) is 2.84. The molecule has 0 aromatic heterocycles. The molecule has 0 aliphatic carbocycles. The van der Waals surface area contributed by atoms with Crippen molar-refractivity contribution in [2.75, 3.05) is 29.8 Å². The predicted molar refractivity (Wildman–Crippen MR) is 129 cm³/mol. The maximum atomic E-state index is 13.2. The van der Waals surface area contributed by atoms with Gasteiger partial charge in [0.25, 0.3) is 10.0 Å². The average molecular weight is 466 g/mol. The van der Waals surface area contributed by atoms with E-state index in [4.69, 9.17) is 4.74 Å². The highest BCUT2D eigenvalue weighted by Gasteiger charge is 2.29. The first-order valence-corrected chi connectivity index (χ1v) is 12.3. The number of nitrogens with one attached hydrogen (secondary N) is 2. The Balaban J connectivity index is 1.42. The first-order valence-electron chi connectivity index (χ1n) is 10.9. The van der Waals surface area contributed by atoms with Crippen LogP contribution in [-0.4, -0.2) is 34.6 Å². The van der Waals surface area contributed by atoms with Crippen LogP contribution in [0.4, 0.5) is 16.2 Å². The first kappa shape index (κ1) is 22.7. The van der Waals surface area contributed by atoms with Gasteiger partial charge in [0.05, 0.1) is 17.7 Å². The summed E-state index contributed by atoms with van der Waals surface area (Å²) in [5, 5.41) is 5.66. The van der Waals surface area contributed by atoms with Crippen molar-refractivity contribution in [2.45, 2.75) is 24.2 Å². The number of sulfonamides is 1. The van der Waals surface area contributed by atoms with Crippen molar-refractivity contribution in [3.05, 3.63) is 83.9 Å². The number of ether oxygens (including phenoxy) is 1. The zero-order valence-corrected chi connectivity index (χ0v) is 19.3. The standard InChI is InChI=1S/C25H27N3O4S/c1-32-22-13-9-19(10-14-22)15-16-26-25(29)27-21-12-11-20-6-5-17-28(24(20)18-21)33(30,31)23-7-3-2-4-8-23/h2-4,7-14,18H,5-6,15-17H2,1H3,(H2,26,27,29). The highest BCUT2D eigenvalue weighted by molar-refractivity contribution is 7.92. The van der Waals surface area contributed by atoms with E-state index in [2.05, 4.69) is 10.6 Å². The van der Waals surface area contributed by atoms with E-state index in [1.165, 1.54) is 4.31 Å². The molecule has 0 radical (unpaired) electrons. The largest absolute Gasteiger partial charge is 0.497 e. The number of benzene rings is 3. The Morgan fingerprint density at radius 2 is 1.79 bits per heavy atom. The van der Waals surface area contributed by atoms with Crippen LogP contribution < -0.4 is 19.7 Å². The minimum atomic E-state index is -3.67. The molecule has 33 heavy (non-hydrogen) atoms. The molecule has 0 saturated heterocycles. The molecule has 2 N–H and O–H groups in total. The summed E-state index contributed by atoms with van der Waals surface area (Å²) in [6, 6.07) is 21.2. The fraction of sp³-hybridized carbons (Fsp3) is 0.240. The molecule has 7 nitrogen and oxygen atoms in total. The number of rotatable bonds is 7. The monoisotopic (exact) mass is 465 g/mol. The lowest BCUT2D eigenvalue weighted by atomic mass is 10.0. The van der Waals surface area contributed by atoms with E-state index >= 15 is 0 Å². The Bertz CT molecular complexity index is 1210. The number of fused-ring (bicyclic) bond motifs is 1. The van der Waals surface area contributed by atoms with Crippen LogP contribution in [0.3, 0.4) is 0 Å². The minimum absolute atomic E-state index is 0.257. The van der Waals surface area contributed by atoms with Crippen molar-refractivity contribution in [1.29, 1.82) is 0 Å². The first-order chi connectivity index (χ1) is 16.0. The summed E-state index contributed by atoms with van der Waals surface area (Å²) in [4.78, 5) is 12.7. The normalized spacial score (nSPS) is 13.2. The van der Waals surface area contributed by atoms with Gasteiger partial charge in [0.15, 0.2) is 0 Å². The molecule has 0 saturated carbocycles. The molecule has 0 atom stereocenters. The van der Waals surface area contributed by atoms with E-state index in [-0.39, 0.29) is 10.9 Å². The van der Waals surface area contributed by atoms with Crippen LogP contribution >= 0.6 is 0 Å². The SMILES string of the molecule is COc1ccc(CCNC(=O)Nc2ccc3c(c2)N(S(=O)(=O)c2ccccc2)CCC3)cc1. The second-order valence-corrected chi connectivity index (χ2v) is 9.68. The maximum Gasteiger partial charge on any atom is 0.319 e. The number of amides is 2. The van der Waals surface area contributed by atoms with Gasteiger partial charge in [0.2, 0.25) is 0 Å². The Morgan fingerprint density at radius 3 is 2.52 bits per heavy atom. The van der Waals surface area contributed by atoms with E-state index < -0.39 is 10.0 Å². The van der Waals surface area contributed by atoms with E-state index in [0.717, 1.165) is 29.7 Å². The van der Waals surface area contributed by atoms with Gasteiger partial charge in [-0.3, -0.25) is 4.31 Å². The summed E-state index contributed by atoms with van der Waals surface area (Å²) in [7, 11) is -2.05. The van der Waals surface area contributed by atoms with Crippen molar-refractivity contribution in [3.8, 4) is 5.75 Å². The number of hydrogen-bond donors (Lipinski definition) is 2. The summed E-state index contributed by atoms with van der Waals surface area (Å²) >= 11 is 0. The molecule has 1 aliphatic heterocycles. The molecule has 3 aromatic carbocycles. The predicted octanol–water partition coefficient (Wildman–Crippen LogP) is 4.20. The van der Waals surface area contributed by atoms with Crippen LogP contribution in [0.1, 0.15) is 17.5 Å². The van der Waals surface area contributed by atoms with E-state index in [1.807, 2.05) is 30.3 Å². The lowest BCUT2D eigenvalue weighted by Crippen LogP contribution is -2.35. The topological polar surface area (TPSA) is 87.7 Å². The Labute approximate surface area is 194 Å². The quantitative estimate of drug-likeness (QED) is 0.547. The van der Waals surface area contributed by atoms with Gasteiger partial charge in [-0.2, -0.15) is 0 Å². The zero-order chi connectivity index (χ0) is 23.3. The van der Waals surface area contributed by atoms with Crippen LogP contribution in [0.2, 0.25) is 0 Å². The third kappa shape index (κ3) is 5.28. The minimum Gasteiger partial charge on any atom is -0.497 e. The van der Waals surface area contributed by atoms with Crippen LogP contribution in [0, 0.1) is 0 Å². The van der Waals surface area contributed by atoms with Crippen LogP contribution in [0.25, 0.3) is 0 Å². The summed E-state index contributed by atoms with van der Waals surface area (Å²) in [5.74, 6) is 0.792. The third-order valence-electron chi connectivity index (χ3n) is 5.61. The van der Waals surface area contributed by atoms with E-state index in [1.54, 1.807) is 49.6 Å². The molecular formula is C25H27N3O4S. The van der Waals surface area contributed by atoms with Gasteiger partial charge in [-0.1, -0.05) is 36.4 Å². The Morgan fingerprint density at radius 1 is 1.03 bits per heavy atom. The summed E-state index contributed by atoms with van der Waals surface area (Å²) in [6.07, 6.45) is 2.23. The highest BCUT2D eigenvalue weighted by Crippen LogP contribution is 2.34. The van der Waals surface area contributed by atoms with Crippen molar-refractivity contribution in [3.63, 3.8) is 0 Å². The number of aryl methyl sites for hydroxylation is 1. The molecule has 172 valence electrons. The molecule has 4 rings (SSSR count). The number of nitrogens with zero attached hydrogens (tertiary/aromatic N) is 1. The number of carbonyl (C=O) groups is 1. The van der Waals surface area contributed by atoms with E-state index in [0.29, 0.717) is 30.9 Å². The lowest BCUT2D eigenvalue weighted by Gasteiger charge is -2.31. The fourth-order valence-electron chi connectivity index (χ4n) is 3.88. The number of anilines is 2. The van der Waals surface area contributed by atoms with Crippen molar-refractivity contribution in [1.82, 2.24) is 5.32 Å². The molecule has 0 bridgehead atoms.